The average Bonchev–Trinajstić information content (AvgIpc) is 2.65. The molecular formula is C22H22FN3O. The van der Waals surface area contributed by atoms with Crippen molar-refractivity contribution in [1.82, 2.24) is 4.98 Å². The first-order valence-electron chi connectivity index (χ1n) is 8.78. The quantitative estimate of drug-likeness (QED) is 0.700. The Morgan fingerprint density at radius 1 is 1.26 bits per heavy atom. The Morgan fingerprint density at radius 2 is 1.96 bits per heavy atom. The summed E-state index contributed by atoms with van der Waals surface area (Å²) in [5, 5.41) is 0.417. The number of benzene rings is 2. The molecule has 0 bridgehead atoms. The predicted octanol–water partition coefficient (Wildman–Crippen LogP) is 4.53. The van der Waals surface area contributed by atoms with Crippen molar-refractivity contribution in [3.63, 3.8) is 0 Å². The SMILES string of the molecule is C=Cc1nc2ccc(F)cc2c(C(N)=O)c1CN(c1ccccc1)C(C)C. The molecule has 1 aromatic heterocycles. The maximum absolute atomic E-state index is 13.8. The van der Waals surface area contributed by atoms with Gasteiger partial charge in [0.15, 0.2) is 0 Å². The third kappa shape index (κ3) is 3.67. The third-order valence-electron chi connectivity index (χ3n) is 4.56. The van der Waals surface area contributed by atoms with E-state index in [1.165, 1.54) is 12.1 Å². The number of aromatic nitrogens is 1. The van der Waals surface area contributed by atoms with E-state index in [9.17, 15) is 9.18 Å². The minimum absolute atomic E-state index is 0.161. The number of rotatable bonds is 6. The van der Waals surface area contributed by atoms with Crippen molar-refractivity contribution in [3.8, 4) is 0 Å². The van der Waals surface area contributed by atoms with Crippen LogP contribution in [-0.4, -0.2) is 16.9 Å². The summed E-state index contributed by atoms with van der Waals surface area (Å²) in [6.07, 6.45) is 1.61. The molecule has 0 aliphatic heterocycles. The molecule has 0 saturated carbocycles. The van der Waals surface area contributed by atoms with E-state index in [1.807, 2.05) is 30.3 Å². The van der Waals surface area contributed by atoms with Gasteiger partial charge in [-0.25, -0.2) is 9.37 Å². The van der Waals surface area contributed by atoms with Crippen molar-refractivity contribution >= 4 is 28.6 Å². The Morgan fingerprint density at radius 3 is 2.56 bits per heavy atom. The Bertz CT molecular complexity index is 999. The van der Waals surface area contributed by atoms with Gasteiger partial charge in [-0.1, -0.05) is 24.8 Å². The Balaban J connectivity index is 2.24. The number of fused-ring (bicyclic) bond motifs is 1. The zero-order valence-corrected chi connectivity index (χ0v) is 15.4. The topological polar surface area (TPSA) is 59.2 Å². The molecule has 1 heterocycles. The van der Waals surface area contributed by atoms with Crippen LogP contribution in [0.15, 0.2) is 55.1 Å². The monoisotopic (exact) mass is 363 g/mol. The number of pyridine rings is 1. The molecule has 0 radical (unpaired) electrons. The first-order valence-corrected chi connectivity index (χ1v) is 8.78. The van der Waals surface area contributed by atoms with Crippen molar-refractivity contribution in [2.75, 3.05) is 4.90 Å². The lowest BCUT2D eigenvalue weighted by Gasteiger charge is -2.30. The van der Waals surface area contributed by atoms with Crippen molar-refractivity contribution in [1.29, 1.82) is 0 Å². The van der Waals surface area contributed by atoms with E-state index >= 15 is 0 Å². The zero-order chi connectivity index (χ0) is 19.6. The van der Waals surface area contributed by atoms with Crippen LogP contribution in [0, 0.1) is 5.82 Å². The lowest BCUT2D eigenvalue weighted by Crippen LogP contribution is -2.32. The van der Waals surface area contributed by atoms with Gasteiger partial charge in [0.1, 0.15) is 5.82 Å². The van der Waals surface area contributed by atoms with Gasteiger partial charge in [0.2, 0.25) is 5.91 Å². The van der Waals surface area contributed by atoms with Gasteiger partial charge >= 0.3 is 0 Å². The molecule has 5 heteroatoms. The van der Waals surface area contributed by atoms with Crippen molar-refractivity contribution in [3.05, 3.63) is 77.7 Å². The highest BCUT2D eigenvalue weighted by atomic mass is 19.1. The number of carbonyl (C=O) groups excluding carboxylic acids is 1. The van der Waals surface area contributed by atoms with Gasteiger partial charge in [0, 0.05) is 29.2 Å². The van der Waals surface area contributed by atoms with Crippen molar-refractivity contribution in [2.24, 2.45) is 5.73 Å². The number of halogens is 1. The first-order chi connectivity index (χ1) is 12.9. The van der Waals surface area contributed by atoms with Crippen LogP contribution in [0.3, 0.4) is 0 Å². The van der Waals surface area contributed by atoms with Gasteiger partial charge in [-0.2, -0.15) is 0 Å². The Hall–Kier alpha value is -3.21. The second-order valence-electron chi connectivity index (χ2n) is 6.64. The second-order valence-corrected chi connectivity index (χ2v) is 6.64. The van der Waals surface area contributed by atoms with Crippen LogP contribution in [0.5, 0.6) is 0 Å². The fourth-order valence-electron chi connectivity index (χ4n) is 3.27. The summed E-state index contributed by atoms with van der Waals surface area (Å²) in [6.45, 7) is 8.37. The van der Waals surface area contributed by atoms with Gasteiger partial charge in [0.25, 0.3) is 0 Å². The van der Waals surface area contributed by atoms with Gasteiger partial charge in [-0.15, -0.1) is 0 Å². The smallest absolute Gasteiger partial charge is 0.249 e. The summed E-state index contributed by atoms with van der Waals surface area (Å²) in [5.74, 6) is -1.05. The molecule has 0 fully saturated rings. The van der Waals surface area contributed by atoms with Gasteiger partial charge in [-0.3, -0.25) is 4.79 Å². The molecule has 0 aliphatic rings. The molecular weight excluding hydrogens is 341 g/mol. The number of primary amides is 1. The normalized spacial score (nSPS) is 11.0. The van der Waals surface area contributed by atoms with E-state index in [4.69, 9.17) is 5.73 Å². The molecule has 4 nitrogen and oxygen atoms in total. The Kier molecular flexibility index (Phi) is 5.21. The molecule has 0 unspecified atom stereocenters. The van der Waals surface area contributed by atoms with E-state index in [0.29, 0.717) is 28.7 Å². The van der Waals surface area contributed by atoms with E-state index in [1.54, 1.807) is 12.1 Å². The largest absolute Gasteiger partial charge is 0.366 e. The number of amides is 1. The highest BCUT2D eigenvalue weighted by Crippen LogP contribution is 2.28. The first kappa shape index (κ1) is 18.6. The summed E-state index contributed by atoms with van der Waals surface area (Å²) < 4.78 is 13.8. The molecule has 27 heavy (non-hydrogen) atoms. The van der Waals surface area contributed by atoms with Crippen molar-refractivity contribution in [2.45, 2.75) is 26.4 Å². The summed E-state index contributed by atoms with van der Waals surface area (Å²) in [5.41, 5.74) is 8.74. The lowest BCUT2D eigenvalue weighted by molar-refractivity contribution is 0.100. The van der Waals surface area contributed by atoms with Crippen LogP contribution in [0.4, 0.5) is 10.1 Å². The summed E-state index contributed by atoms with van der Waals surface area (Å²) in [7, 11) is 0. The second kappa shape index (κ2) is 7.58. The molecule has 0 spiro atoms. The van der Waals surface area contributed by atoms with E-state index < -0.39 is 11.7 Å². The van der Waals surface area contributed by atoms with E-state index in [0.717, 1.165) is 5.69 Å². The maximum Gasteiger partial charge on any atom is 0.249 e. The van der Waals surface area contributed by atoms with E-state index in [2.05, 4.69) is 30.3 Å². The third-order valence-corrected chi connectivity index (χ3v) is 4.56. The molecule has 2 aromatic carbocycles. The van der Waals surface area contributed by atoms with Gasteiger partial charge < -0.3 is 10.6 Å². The minimum atomic E-state index is -0.608. The van der Waals surface area contributed by atoms with Gasteiger partial charge in [0.05, 0.1) is 16.8 Å². The van der Waals surface area contributed by atoms with Crippen LogP contribution in [-0.2, 0) is 6.54 Å². The van der Waals surface area contributed by atoms with Crippen LogP contribution < -0.4 is 10.6 Å². The molecule has 0 atom stereocenters. The number of para-hydroxylation sites is 1. The number of anilines is 1. The van der Waals surface area contributed by atoms with Gasteiger partial charge in [-0.05, 0) is 50.3 Å². The average molecular weight is 363 g/mol. The molecule has 2 N–H and O–H groups in total. The number of carbonyl (C=O) groups is 1. The standard InChI is InChI=1S/C22H22FN3O/c1-4-19-18(13-26(14(2)3)16-8-6-5-7-9-16)21(22(24)27)17-12-15(23)10-11-20(17)25-19/h4-12,14H,1,13H2,2-3H3,(H2,24,27). The number of hydrogen-bond acceptors (Lipinski definition) is 3. The van der Waals surface area contributed by atoms with Crippen LogP contribution in [0.2, 0.25) is 0 Å². The fourth-order valence-corrected chi connectivity index (χ4v) is 3.27. The number of nitrogens with two attached hydrogens (primary N) is 1. The molecule has 3 rings (SSSR count). The Labute approximate surface area is 158 Å². The predicted molar refractivity (Wildman–Crippen MR) is 108 cm³/mol. The van der Waals surface area contributed by atoms with Crippen LogP contribution in [0.25, 0.3) is 17.0 Å². The fraction of sp³-hybridized carbons (Fsp3) is 0.182. The molecule has 0 saturated heterocycles. The lowest BCUT2D eigenvalue weighted by atomic mass is 9.98. The maximum atomic E-state index is 13.8. The molecule has 138 valence electrons. The highest BCUT2D eigenvalue weighted by Gasteiger charge is 2.22. The number of nitrogens with zero attached hydrogens (tertiary/aromatic N) is 2. The molecule has 3 aromatic rings. The van der Waals surface area contributed by atoms with Crippen molar-refractivity contribution < 1.29 is 9.18 Å². The van der Waals surface area contributed by atoms with E-state index in [-0.39, 0.29) is 11.6 Å². The number of hydrogen-bond donors (Lipinski definition) is 1. The summed E-state index contributed by atoms with van der Waals surface area (Å²) in [4.78, 5) is 19.0. The summed E-state index contributed by atoms with van der Waals surface area (Å²) >= 11 is 0. The molecule has 1 amide bonds. The molecule has 0 aliphatic carbocycles. The highest BCUT2D eigenvalue weighted by molar-refractivity contribution is 6.07. The minimum Gasteiger partial charge on any atom is -0.366 e. The van der Waals surface area contributed by atoms with Crippen LogP contribution in [0.1, 0.15) is 35.5 Å². The van der Waals surface area contributed by atoms with Crippen LogP contribution >= 0.6 is 0 Å². The summed E-state index contributed by atoms with van der Waals surface area (Å²) in [6, 6.07) is 14.2. The zero-order valence-electron chi connectivity index (χ0n) is 15.4.